The number of anilines is 1. The summed E-state index contributed by atoms with van der Waals surface area (Å²) in [6.07, 6.45) is 2.66. The van der Waals surface area contributed by atoms with Crippen LogP contribution in [-0.2, 0) is 11.3 Å². The van der Waals surface area contributed by atoms with Crippen molar-refractivity contribution in [3.05, 3.63) is 66.0 Å². The Hall–Kier alpha value is -3.19. The maximum absolute atomic E-state index is 10.7. The van der Waals surface area contributed by atoms with Crippen LogP contribution >= 0.6 is 0 Å². The van der Waals surface area contributed by atoms with E-state index in [0.717, 1.165) is 44.0 Å². The van der Waals surface area contributed by atoms with Gasteiger partial charge in [0.15, 0.2) is 0 Å². The number of carbonyl (C=O) groups excluding carboxylic acids is 1. The van der Waals surface area contributed by atoms with Gasteiger partial charge >= 0.3 is 0 Å². The molecular formula is C20H20N4O3. The summed E-state index contributed by atoms with van der Waals surface area (Å²) in [5, 5.41) is 8.33. The molecule has 0 N–H and O–H groups in total. The quantitative estimate of drug-likeness (QED) is 0.626. The van der Waals surface area contributed by atoms with Gasteiger partial charge in [0, 0.05) is 24.3 Å². The summed E-state index contributed by atoms with van der Waals surface area (Å²) in [5.74, 6) is 0.685. The van der Waals surface area contributed by atoms with Crippen molar-refractivity contribution in [1.29, 1.82) is 0 Å². The molecule has 0 saturated carbocycles. The van der Waals surface area contributed by atoms with Crippen molar-refractivity contribution in [1.82, 2.24) is 15.0 Å². The van der Waals surface area contributed by atoms with Gasteiger partial charge in [-0.2, -0.15) is 0 Å². The van der Waals surface area contributed by atoms with Gasteiger partial charge in [-0.05, 0) is 48.5 Å². The van der Waals surface area contributed by atoms with Gasteiger partial charge in [0.25, 0.3) is 0 Å². The normalized spacial score (nSPS) is 14.1. The second-order valence-electron chi connectivity index (χ2n) is 6.25. The summed E-state index contributed by atoms with van der Waals surface area (Å²) in [7, 11) is 0. The second-order valence-corrected chi connectivity index (χ2v) is 6.25. The Bertz CT molecular complexity index is 884. The summed E-state index contributed by atoms with van der Waals surface area (Å²) in [4.78, 5) is 13.0. The van der Waals surface area contributed by atoms with Crippen LogP contribution in [0.3, 0.4) is 0 Å². The minimum atomic E-state index is 0.312. The molecule has 3 aromatic rings. The van der Waals surface area contributed by atoms with Crippen LogP contribution in [0.1, 0.15) is 16.1 Å². The predicted molar refractivity (Wildman–Crippen MR) is 101 cm³/mol. The molecule has 0 bridgehead atoms. The van der Waals surface area contributed by atoms with E-state index in [0.29, 0.717) is 17.9 Å². The zero-order valence-electron chi connectivity index (χ0n) is 14.8. The predicted octanol–water partition coefficient (Wildman–Crippen LogP) is 2.50. The molecule has 1 saturated heterocycles. The Morgan fingerprint density at radius 2 is 1.70 bits per heavy atom. The molecule has 7 nitrogen and oxygen atoms in total. The smallest absolute Gasteiger partial charge is 0.150 e. The van der Waals surface area contributed by atoms with Crippen LogP contribution in [0, 0.1) is 0 Å². The fourth-order valence-electron chi connectivity index (χ4n) is 2.93. The van der Waals surface area contributed by atoms with Gasteiger partial charge in [0.1, 0.15) is 24.3 Å². The van der Waals surface area contributed by atoms with Gasteiger partial charge < -0.3 is 14.4 Å². The molecule has 0 unspecified atom stereocenters. The number of rotatable bonds is 6. The highest BCUT2D eigenvalue weighted by Gasteiger charge is 2.11. The molecule has 138 valence electrons. The van der Waals surface area contributed by atoms with Gasteiger partial charge in [-0.3, -0.25) is 4.79 Å². The molecule has 2 aromatic carbocycles. The van der Waals surface area contributed by atoms with Crippen molar-refractivity contribution in [2.75, 3.05) is 31.2 Å². The van der Waals surface area contributed by atoms with Crippen LogP contribution in [0.4, 0.5) is 5.69 Å². The standard InChI is InChI=1S/C20H20N4O3/c25-14-16-1-7-20(8-2-16)27-15-17-13-24(22-21-17)19-5-3-18(4-6-19)23-9-11-26-12-10-23/h1-8,13-14H,9-12,15H2. The average molecular weight is 364 g/mol. The van der Waals surface area contributed by atoms with Crippen molar-refractivity contribution in [3.63, 3.8) is 0 Å². The number of carbonyl (C=O) groups is 1. The number of aldehydes is 1. The van der Waals surface area contributed by atoms with Crippen LogP contribution in [0.25, 0.3) is 5.69 Å². The van der Waals surface area contributed by atoms with Crippen molar-refractivity contribution in [3.8, 4) is 11.4 Å². The van der Waals surface area contributed by atoms with E-state index in [-0.39, 0.29) is 0 Å². The highest BCUT2D eigenvalue weighted by Crippen LogP contribution is 2.19. The number of ether oxygens (including phenoxy) is 2. The van der Waals surface area contributed by atoms with Gasteiger partial charge in [-0.25, -0.2) is 4.68 Å². The SMILES string of the molecule is O=Cc1ccc(OCc2cn(-c3ccc(N4CCOCC4)cc3)nn2)cc1. The molecule has 0 amide bonds. The lowest BCUT2D eigenvalue weighted by Gasteiger charge is -2.28. The monoisotopic (exact) mass is 364 g/mol. The van der Waals surface area contributed by atoms with Gasteiger partial charge in [0.05, 0.1) is 25.1 Å². The third-order valence-electron chi connectivity index (χ3n) is 4.43. The second kappa shape index (κ2) is 8.01. The summed E-state index contributed by atoms with van der Waals surface area (Å²) < 4.78 is 12.8. The van der Waals surface area contributed by atoms with Crippen LogP contribution < -0.4 is 9.64 Å². The highest BCUT2D eigenvalue weighted by atomic mass is 16.5. The third kappa shape index (κ3) is 4.15. The van der Waals surface area contributed by atoms with E-state index >= 15 is 0 Å². The fourth-order valence-corrected chi connectivity index (χ4v) is 2.93. The van der Waals surface area contributed by atoms with Crippen molar-refractivity contribution >= 4 is 12.0 Å². The Kier molecular flexibility index (Phi) is 5.11. The summed E-state index contributed by atoms with van der Waals surface area (Å²) in [5.41, 5.74) is 3.48. The van der Waals surface area contributed by atoms with Gasteiger partial charge in [0.2, 0.25) is 0 Å². The zero-order valence-corrected chi connectivity index (χ0v) is 14.8. The number of morpholine rings is 1. The Labute approximate surface area is 157 Å². The summed E-state index contributed by atoms with van der Waals surface area (Å²) in [6, 6.07) is 15.2. The first kappa shape index (κ1) is 17.2. The van der Waals surface area contributed by atoms with E-state index in [1.54, 1.807) is 28.9 Å². The fraction of sp³-hybridized carbons (Fsp3) is 0.250. The van der Waals surface area contributed by atoms with E-state index in [4.69, 9.17) is 9.47 Å². The average Bonchev–Trinajstić information content (AvgIpc) is 3.22. The van der Waals surface area contributed by atoms with Gasteiger partial charge in [-0.1, -0.05) is 5.21 Å². The molecule has 7 heteroatoms. The highest BCUT2D eigenvalue weighted by molar-refractivity contribution is 5.74. The van der Waals surface area contributed by atoms with Crippen molar-refractivity contribution in [2.45, 2.75) is 6.61 Å². The minimum absolute atomic E-state index is 0.312. The number of hydrogen-bond acceptors (Lipinski definition) is 6. The maximum Gasteiger partial charge on any atom is 0.150 e. The molecule has 1 fully saturated rings. The number of benzene rings is 2. The molecule has 0 atom stereocenters. The Morgan fingerprint density at radius 3 is 2.41 bits per heavy atom. The first-order valence-electron chi connectivity index (χ1n) is 8.84. The van der Waals surface area contributed by atoms with Crippen LogP contribution in [0.2, 0.25) is 0 Å². The molecule has 1 aliphatic rings. The molecule has 0 radical (unpaired) electrons. The van der Waals surface area contributed by atoms with E-state index in [1.165, 1.54) is 5.69 Å². The molecule has 1 aliphatic heterocycles. The van der Waals surface area contributed by atoms with E-state index in [2.05, 4.69) is 27.3 Å². The summed E-state index contributed by atoms with van der Waals surface area (Å²) in [6.45, 7) is 3.68. The van der Waals surface area contributed by atoms with Crippen molar-refractivity contribution < 1.29 is 14.3 Å². The van der Waals surface area contributed by atoms with Crippen LogP contribution in [-0.4, -0.2) is 47.6 Å². The number of aromatic nitrogens is 3. The number of hydrogen-bond donors (Lipinski definition) is 0. The molecule has 1 aromatic heterocycles. The van der Waals surface area contributed by atoms with E-state index < -0.39 is 0 Å². The molecular weight excluding hydrogens is 344 g/mol. The van der Waals surface area contributed by atoms with Crippen molar-refractivity contribution in [2.24, 2.45) is 0 Å². The lowest BCUT2D eigenvalue weighted by molar-refractivity contribution is 0.112. The van der Waals surface area contributed by atoms with Crippen LogP contribution in [0.15, 0.2) is 54.7 Å². The maximum atomic E-state index is 10.7. The third-order valence-corrected chi connectivity index (χ3v) is 4.43. The first-order valence-corrected chi connectivity index (χ1v) is 8.84. The molecule has 4 rings (SSSR count). The Balaban J connectivity index is 1.38. The van der Waals surface area contributed by atoms with Gasteiger partial charge in [-0.15, -0.1) is 5.10 Å². The zero-order chi connectivity index (χ0) is 18.5. The Morgan fingerprint density at radius 1 is 1.00 bits per heavy atom. The molecule has 27 heavy (non-hydrogen) atoms. The minimum Gasteiger partial charge on any atom is -0.487 e. The van der Waals surface area contributed by atoms with Crippen LogP contribution in [0.5, 0.6) is 5.75 Å². The lowest BCUT2D eigenvalue weighted by Crippen LogP contribution is -2.36. The molecule has 0 aliphatic carbocycles. The van der Waals surface area contributed by atoms with E-state index in [1.807, 2.05) is 18.3 Å². The number of nitrogens with zero attached hydrogens (tertiary/aromatic N) is 4. The first-order chi connectivity index (χ1) is 13.3. The van der Waals surface area contributed by atoms with E-state index in [9.17, 15) is 4.79 Å². The topological polar surface area (TPSA) is 69.5 Å². The molecule has 0 spiro atoms. The lowest BCUT2D eigenvalue weighted by atomic mass is 10.2. The molecule has 2 heterocycles. The summed E-state index contributed by atoms with van der Waals surface area (Å²) >= 11 is 0. The largest absolute Gasteiger partial charge is 0.487 e.